The van der Waals surface area contributed by atoms with E-state index in [0.29, 0.717) is 17.8 Å². The molecule has 1 aromatic carbocycles. The molecule has 0 atom stereocenters. The van der Waals surface area contributed by atoms with E-state index < -0.39 is 0 Å². The van der Waals surface area contributed by atoms with E-state index >= 15 is 0 Å². The van der Waals surface area contributed by atoms with Gasteiger partial charge in [-0.2, -0.15) is 0 Å². The van der Waals surface area contributed by atoms with Gasteiger partial charge in [0.1, 0.15) is 23.8 Å². The van der Waals surface area contributed by atoms with Crippen LogP contribution in [0.3, 0.4) is 0 Å². The molecule has 6 nitrogen and oxygen atoms in total. The van der Waals surface area contributed by atoms with Crippen molar-refractivity contribution in [1.82, 2.24) is 24.1 Å². The van der Waals surface area contributed by atoms with Crippen LogP contribution >= 0.6 is 0 Å². The van der Waals surface area contributed by atoms with Gasteiger partial charge in [0.15, 0.2) is 5.65 Å². The fourth-order valence-electron chi connectivity index (χ4n) is 2.93. The van der Waals surface area contributed by atoms with Gasteiger partial charge in [-0.3, -0.25) is 4.40 Å². The van der Waals surface area contributed by atoms with E-state index in [4.69, 9.17) is 0 Å². The number of aromatic nitrogens is 5. The quantitative estimate of drug-likeness (QED) is 0.621. The largest absolute Gasteiger partial charge is 0.367 e. The van der Waals surface area contributed by atoms with Gasteiger partial charge in [-0.15, -0.1) is 10.2 Å². The summed E-state index contributed by atoms with van der Waals surface area (Å²) in [6.07, 6.45) is 5.27. The van der Waals surface area contributed by atoms with Crippen LogP contribution in [0.2, 0.25) is 0 Å². The third-order valence-electron chi connectivity index (χ3n) is 4.32. The molecule has 0 aliphatic rings. The van der Waals surface area contributed by atoms with E-state index in [-0.39, 0.29) is 5.82 Å². The standard InChI is InChI=1S/C18H17FN6/c1-12-4-3-5-15(19)14(12)10-21-17-7-6-16(18-23-22-11-25(17)18)24-9-8-20-13(24)2/h3-9,11,21H,10H2,1-2H3. The Bertz CT molecular complexity index is 1030. The monoisotopic (exact) mass is 336 g/mol. The van der Waals surface area contributed by atoms with Crippen molar-refractivity contribution >= 4 is 11.5 Å². The van der Waals surface area contributed by atoms with Gasteiger partial charge in [-0.05, 0) is 37.6 Å². The Kier molecular flexibility index (Phi) is 3.68. The van der Waals surface area contributed by atoms with Gasteiger partial charge in [0, 0.05) is 24.5 Å². The van der Waals surface area contributed by atoms with E-state index in [1.807, 2.05) is 47.2 Å². The minimum atomic E-state index is -0.210. The third kappa shape index (κ3) is 2.63. The predicted molar refractivity (Wildman–Crippen MR) is 93.3 cm³/mol. The molecule has 4 aromatic rings. The number of nitrogens with zero attached hydrogens (tertiary/aromatic N) is 5. The highest BCUT2D eigenvalue weighted by Gasteiger charge is 2.12. The van der Waals surface area contributed by atoms with Crippen molar-refractivity contribution in [3.05, 3.63) is 71.8 Å². The summed E-state index contributed by atoms with van der Waals surface area (Å²) in [5, 5.41) is 11.5. The second-order valence-electron chi connectivity index (χ2n) is 5.86. The number of hydrogen-bond acceptors (Lipinski definition) is 4. The van der Waals surface area contributed by atoms with Crippen LogP contribution in [-0.4, -0.2) is 24.1 Å². The first-order chi connectivity index (χ1) is 12.1. The zero-order chi connectivity index (χ0) is 17.4. The van der Waals surface area contributed by atoms with E-state index in [1.54, 1.807) is 18.6 Å². The number of imidazole rings is 1. The summed E-state index contributed by atoms with van der Waals surface area (Å²) < 4.78 is 17.8. The molecule has 7 heteroatoms. The van der Waals surface area contributed by atoms with Crippen LogP contribution in [0, 0.1) is 19.7 Å². The number of nitrogens with one attached hydrogen (secondary N) is 1. The molecule has 3 heterocycles. The number of pyridine rings is 1. The number of benzene rings is 1. The molecule has 0 amide bonds. The minimum absolute atomic E-state index is 0.210. The molecule has 4 rings (SSSR count). The fourth-order valence-corrected chi connectivity index (χ4v) is 2.93. The molecule has 0 spiro atoms. The highest BCUT2D eigenvalue weighted by molar-refractivity contribution is 5.64. The highest BCUT2D eigenvalue weighted by Crippen LogP contribution is 2.21. The smallest absolute Gasteiger partial charge is 0.186 e. The van der Waals surface area contributed by atoms with E-state index in [1.165, 1.54) is 6.07 Å². The summed E-state index contributed by atoms with van der Waals surface area (Å²) in [4.78, 5) is 4.25. The molecule has 0 fully saturated rings. The van der Waals surface area contributed by atoms with Crippen LogP contribution in [-0.2, 0) is 6.54 Å². The van der Waals surface area contributed by atoms with Crippen molar-refractivity contribution < 1.29 is 4.39 Å². The molecule has 1 N–H and O–H groups in total. The Labute approximate surface area is 144 Å². The Morgan fingerprint density at radius 1 is 1.16 bits per heavy atom. The van der Waals surface area contributed by atoms with Crippen molar-refractivity contribution in [2.24, 2.45) is 0 Å². The molecule has 0 unspecified atom stereocenters. The summed E-state index contributed by atoms with van der Waals surface area (Å²) in [6, 6.07) is 8.98. The van der Waals surface area contributed by atoms with Gasteiger partial charge in [0.05, 0.1) is 5.69 Å². The Balaban J connectivity index is 1.70. The molecular formula is C18H17FN6. The summed E-state index contributed by atoms with van der Waals surface area (Å²) in [7, 11) is 0. The number of fused-ring (bicyclic) bond motifs is 1. The molecule has 126 valence electrons. The normalized spacial score (nSPS) is 11.2. The molecule has 0 saturated carbocycles. The third-order valence-corrected chi connectivity index (χ3v) is 4.32. The molecule has 3 aromatic heterocycles. The van der Waals surface area contributed by atoms with E-state index in [9.17, 15) is 4.39 Å². The van der Waals surface area contributed by atoms with Crippen LogP contribution in [0.4, 0.5) is 10.2 Å². The summed E-state index contributed by atoms with van der Waals surface area (Å²) in [5.74, 6) is 1.45. The lowest BCUT2D eigenvalue weighted by molar-refractivity contribution is 0.611. The van der Waals surface area contributed by atoms with Crippen molar-refractivity contribution in [2.75, 3.05) is 5.32 Å². The fraction of sp³-hybridized carbons (Fsp3) is 0.167. The molecule has 0 bridgehead atoms. The van der Waals surface area contributed by atoms with Crippen LogP contribution in [0.25, 0.3) is 11.3 Å². The lowest BCUT2D eigenvalue weighted by Crippen LogP contribution is -2.08. The van der Waals surface area contributed by atoms with Crippen molar-refractivity contribution in [1.29, 1.82) is 0 Å². The molecule has 0 aliphatic carbocycles. The van der Waals surface area contributed by atoms with Gasteiger partial charge in [-0.1, -0.05) is 12.1 Å². The van der Waals surface area contributed by atoms with Crippen LogP contribution in [0.5, 0.6) is 0 Å². The predicted octanol–water partition coefficient (Wildman–Crippen LogP) is 3.28. The van der Waals surface area contributed by atoms with Gasteiger partial charge >= 0.3 is 0 Å². The SMILES string of the molecule is Cc1cccc(F)c1CNc1ccc(-n2ccnc2C)c2nncn12. The van der Waals surface area contributed by atoms with Gasteiger partial charge in [-0.25, -0.2) is 9.37 Å². The number of hydrogen-bond donors (Lipinski definition) is 1. The van der Waals surface area contributed by atoms with Crippen molar-refractivity contribution in [3.8, 4) is 5.69 Å². The van der Waals surface area contributed by atoms with Crippen LogP contribution in [0.15, 0.2) is 49.1 Å². The molecule has 0 aliphatic heterocycles. The molecular weight excluding hydrogens is 319 g/mol. The van der Waals surface area contributed by atoms with Crippen molar-refractivity contribution in [2.45, 2.75) is 20.4 Å². The lowest BCUT2D eigenvalue weighted by Gasteiger charge is -2.13. The molecule has 0 radical (unpaired) electrons. The number of halogens is 1. The first kappa shape index (κ1) is 15.3. The van der Waals surface area contributed by atoms with Crippen LogP contribution in [0.1, 0.15) is 17.0 Å². The maximum Gasteiger partial charge on any atom is 0.186 e. The number of anilines is 1. The average molecular weight is 336 g/mol. The lowest BCUT2D eigenvalue weighted by atomic mass is 10.1. The van der Waals surface area contributed by atoms with Gasteiger partial charge < -0.3 is 9.88 Å². The number of rotatable bonds is 4. The zero-order valence-electron chi connectivity index (χ0n) is 13.9. The second-order valence-corrected chi connectivity index (χ2v) is 5.86. The second kappa shape index (κ2) is 6.01. The van der Waals surface area contributed by atoms with Gasteiger partial charge in [0.2, 0.25) is 0 Å². The molecule has 25 heavy (non-hydrogen) atoms. The Morgan fingerprint density at radius 3 is 2.80 bits per heavy atom. The van der Waals surface area contributed by atoms with Crippen molar-refractivity contribution in [3.63, 3.8) is 0 Å². The minimum Gasteiger partial charge on any atom is -0.367 e. The Morgan fingerprint density at radius 2 is 2.04 bits per heavy atom. The summed E-state index contributed by atoms with van der Waals surface area (Å²) in [5.41, 5.74) is 3.16. The van der Waals surface area contributed by atoms with E-state index in [2.05, 4.69) is 20.5 Å². The number of aryl methyl sites for hydroxylation is 2. The highest BCUT2D eigenvalue weighted by atomic mass is 19.1. The maximum atomic E-state index is 14.0. The average Bonchev–Trinajstić information content (AvgIpc) is 3.23. The van der Waals surface area contributed by atoms with Crippen LogP contribution < -0.4 is 5.32 Å². The summed E-state index contributed by atoms with van der Waals surface area (Å²) >= 11 is 0. The first-order valence-electron chi connectivity index (χ1n) is 7.96. The first-order valence-corrected chi connectivity index (χ1v) is 7.96. The molecule has 0 saturated heterocycles. The Hall–Kier alpha value is -3.22. The maximum absolute atomic E-state index is 14.0. The topological polar surface area (TPSA) is 60.0 Å². The van der Waals surface area contributed by atoms with E-state index in [0.717, 1.165) is 22.9 Å². The van der Waals surface area contributed by atoms with Gasteiger partial charge in [0.25, 0.3) is 0 Å². The zero-order valence-corrected chi connectivity index (χ0v) is 13.9. The summed E-state index contributed by atoms with van der Waals surface area (Å²) in [6.45, 7) is 4.22.